The SMILES string of the molecule is COc1cccc(NC(=O)N2CCOC(CN(CC(C)C)C(=O)c3ccc(OC)cc3OC)C2)c1. The second-order valence-corrected chi connectivity index (χ2v) is 8.77. The van der Waals surface area contributed by atoms with Crippen LogP contribution in [0.15, 0.2) is 42.5 Å². The Hall–Kier alpha value is -3.46. The van der Waals surface area contributed by atoms with Crippen molar-refractivity contribution < 1.29 is 28.5 Å². The summed E-state index contributed by atoms with van der Waals surface area (Å²) in [6, 6.07) is 12.1. The minimum Gasteiger partial charge on any atom is -0.497 e. The molecule has 2 aromatic rings. The van der Waals surface area contributed by atoms with Crippen molar-refractivity contribution in [3.05, 3.63) is 48.0 Å². The van der Waals surface area contributed by atoms with E-state index in [1.807, 2.05) is 18.2 Å². The Bertz CT molecular complexity index is 1010. The highest BCUT2D eigenvalue weighted by molar-refractivity contribution is 5.97. The Morgan fingerprint density at radius 2 is 1.83 bits per heavy atom. The molecule has 2 aromatic carbocycles. The fourth-order valence-corrected chi connectivity index (χ4v) is 3.99. The van der Waals surface area contributed by atoms with Gasteiger partial charge in [-0.3, -0.25) is 4.79 Å². The van der Waals surface area contributed by atoms with E-state index in [1.165, 1.54) is 7.11 Å². The van der Waals surface area contributed by atoms with E-state index in [2.05, 4.69) is 19.2 Å². The molecule has 1 saturated heterocycles. The number of hydrogen-bond donors (Lipinski definition) is 1. The Balaban J connectivity index is 1.70. The molecule has 35 heavy (non-hydrogen) atoms. The highest BCUT2D eigenvalue weighted by Gasteiger charge is 2.29. The van der Waals surface area contributed by atoms with Crippen LogP contribution in [0.5, 0.6) is 17.2 Å². The van der Waals surface area contributed by atoms with Gasteiger partial charge in [0.25, 0.3) is 5.91 Å². The summed E-state index contributed by atoms with van der Waals surface area (Å²) >= 11 is 0. The van der Waals surface area contributed by atoms with Gasteiger partial charge in [0.15, 0.2) is 0 Å². The van der Waals surface area contributed by atoms with E-state index in [9.17, 15) is 9.59 Å². The van der Waals surface area contributed by atoms with Crippen LogP contribution in [0.1, 0.15) is 24.2 Å². The molecule has 190 valence electrons. The highest BCUT2D eigenvalue weighted by atomic mass is 16.5. The molecule has 0 saturated carbocycles. The number of ether oxygens (including phenoxy) is 4. The number of amides is 3. The van der Waals surface area contributed by atoms with Crippen molar-refractivity contribution in [3.63, 3.8) is 0 Å². The fraction of sp³-hybridized carbons (Fsp3) is 0.462. The molecule has 1 atom stereocenters. The van der Waals surface area contributed by atoms with Gasteiger partial charge >= 0.3 is 6.03 Å². The number of anilines is 1. The van der Waals surface area contributed by atoms with Crippen LogP contribution >= 0.6 is 0 Å². The number of carbonyl (C=O) groups excluding carboxylic acids is 2. The minimum absolute atomic E-state index is 0.153. The van der Waals surface area contributed by atoms with Gasteiger partial charge in [0.05, 0.1) is 46.1 Å². The summed E-state index contributed by atoms with van der Waals surface area (Å²) in [7, 11) is 4.68. The lowest BCUT2D eigenvalue weighted by molar-refractivity contribution is -0.0272. The average Bonchev–Trinajstić information content (AvgIpc) is 2.87. The van der Waals surface area contributed by atoms with Gasteiger partial charge in [0, 0.05) is 37.5 Å². The van der Waals surface area contributed by atoms with Crippen LogP contribution in [-0.4, -0.2) is 82.0 Å². The maximum atomic E-state index is 13.5. The minimum atomic E-state index is -0.313. The van der Waals surface area contributed by atoms with Crippen molar-refractivity contribution >= 4 is 17.6 Å². The van der Waals surface area contributed by atoms with Gasteiger partial charge in [0.1, 0.15) is 17.2 Å². The maximum Gasteiger partial charge on any atom is 0.322 e. The van der Waals surface area contributed by atoms with Crippen molar-refractivity contribution in [2.75, 3.05) is 59.4 Å². The van der Waals surface area contributed by atoms with Crippen LogP contribution < -0.4 is 19.5 Å². The van der Waals surface area contributed by atoms with Crippen molar-refractivity contribution in [2.45, 2.75) is 20.0 Å². The lowest BCUT2D eigenvalue weighted by Crippen LogP contribution is -2.52. The van der Waals surface area contributed by atoms with Gasteiger partial charge in [-0.05, 0) is 30.2 Å². The van der Waals surface area contributed by atoms with Crippen LogP contribution in [0.4, 0.5) is 10.5 Å². The Kier molecular flexibility index (Phi) is 9.19. The number of morpholine rings is 1. The predicted octanol–water partition coefficient (Wildman–Crippen LogP) is 3.74. The van der Waals surface area contributed by atoms with Gasteiger partial charge in [-0.2, -0.15) is 0 Å². The number of nitrogens with one attached hydrogen (secondary N) is 1. The summed E-state index contributed by atoms with van der Waals surface area (Å²) in [4.78, 5) is 29.9. The van der Waals surface area contributed by atoms with Gasteiger partial charge in [-0.1, -0.05) is 19.9 Å². The van der Waals surface area contributed by atoms with Crippen molar-refractivity contribution in [1.82, 2.24) is 9.80 Å². The second kappa shape index (κ2) is 12.3. The van der Waals surface area contributed by atoms with E-state index in [1.54, 1.807) is 48.3 Å². The van der Waals surface area contributed by atoms with Gasteiger partial charge < -0.3 is 34.1 Å². The van der Waals surface area contributed by atoms with E-state index in [-0.39, 0.29) is 24.0 Å². The van der Waals surface area contributed by atoms with Crippen LogP contribution in [-0.2, 0) is 4.74 Å². The lowest BCUT2D eigenvalue weighted by Gasteiger charge is -2.36. The lowest BCUT2D eigenvalue weighted by atomic mass is 10.1. The molecule has 0 spiro atoms. The second-order valence-electron chi connectivity index (χ2n) is 8.77. The number of benzene rings is 2. The molecule has 3 amide bonds. The van der Waals surface area contributed by atoms with E-state index >= 15 is 0 Å². The molecule has 0 radical (unpaired) electrons. The smallest absolute Gasteiger partial charge is 0.322 e. The standard InChI is InChI=1S/C26H35N3O6/c1-18(2)15-29(25(30)23-10-9-21(33-4)14-24(23)34-5)17-22-16-28(11-12-35-22)26(31)27-19-7-6-8-20(13-19)32-3/h6-10,13-14,18,22H,11-12,15-17H2,1-5H3,(H,27,31). The quantitative estimate of drug-likeness (QED) is 0.582. The third-order valence-corrected chi connectivity index (χ3v) is 5.68. The molecule has 9 nitrogen and oxygen atoms in total. The monoisotopic (exact) mass is 485 g/mol. The Labute approximate surface area is 206 Å². The number of nitrogens with zero attached hydrogens (tertiary/aromatic N) is 2. The summed E-state index contributed by atoms with van der Waals surface area (Å²) in [5.41, 5.74) is 1.11. The maximum absolute atomic E-state index is 13.5. The fourth-order valence-electron chi connectivity index (χ4n) is 3.99. The molecule has 0 bridgehead atoms. The number of methoxy groups -OCH3 is 3. The first-order chi connectivity index (χ1) is 16.8. The highest BCUT2D eigenvalue weighted by Crippen LogP contribution is 2.26. The van der Waals surface area contributed by atoms with Crippen molar-refractivity contribution in [3.8, 4) is 17.2 Å². The third kappa shape index (κ3) is 7.02. The molecule has 1 fully saturated rings. The molecule has 0 aromatic heterocycles. The zero-order valence-electron chi connectivity index (χ0n) is 21.1. The van der Waals surface area contributed by atoms with Gasteiger partial charge in [-0.25, -0.2) is 4.79 Å². The molecule has 3 rings (SSSR count). The largest absolute Gasteiger partial charge is 0.497 e. The molecule has 1 unspecified atom stereocenters. The summed E-state index contributed by atoms with van der Waals surface area (Å²) in [5.74, 6) is 1.83. The van der Waals surface area contributed by atoms with Crippen LogP contribution in [0.25, 0.3) is 0 Å². The molecule has 1 aliphatic heterocycles. The predicted molar refractivity (Wildman–Crippen MR) is 134 cm³/mol. The number of carbonyl (C=O) groups is 2. The van der Waals surface area contributed by atoms with Crippen LogP contribution in [0.2, 0.25) is 0 Å². The molecule has 0 aliphatic carbocycles. The van der Waals surface area contributed by atoms with Gasteiger partial charge in [-0.15, -0.1) is 0 Å². The van der Waals surface area contributed by atoms with Gasteiger partial charge in [0.2, 0.25) is 0 Å². The first-order valence-electron chi connectivity index (χ1n) is 11.7. The molecule has 1 aliphatic rings. The summed E-state index contributed by atoms with van der Waals surface area (Å²) < 4.78 is 21.9. The number of urea groups is 1. The third-order valence-electron chi connectivity index (χ3n) is 5.68. The van der Waals surface area contributed by atoms with E-state index < -0.39 is 0 Å². The van der Waals surface area contributed by atoms with E-state index in [0.29, 0.717) is 61.3 Å². The van der Waals surface area contributed by atoms with E-state index in [4.69, 9.17) is 18.9 Å². The average molecular weight is 486 g/mol. The summed E-state index contributed by atoms with van der Waals surface area (Å²) in [5, 5.41) is 2.91. The molecule has 1 heterocycles. The molecular formula is C26H35N3O6. The van der Waals surface area contributed by atoms with Crippen molar-refractivity contribution in [1.29, 1.82) is 0 Å². The van der Waals surface area contributed by atoms with Crippen molar-refractivity contribution in [2.24, 2.45) is 5.92 Å². The normalized spacial score (nSPS) is 15.5. The number of hydrogen-bond acceptors (Lipinski definition) is 6. The van der Waals surface area contributed by atoms with E-state index in [0.717, 1.165) is 0 Å². The Morgan fingerprint density at radius 1 is 1.09 bits per heavy atom. The van der Waals surface area contributed by atoms with Crippen LogP contribution in [0, 0.1) is 5.92 Å². The summed E-state index contributed by atoms with van der Waals surface area (Å²) in [6.45, 7) is 6.25. The topological polar surface area (TPSA) is 89.6 Å². The molecular weight excluding hydrogens is 450 g/mol. The Morgan fingerprint density at radius 3 is 2.51 bits per heavy atom. The van der Waals surface area contributed by atoms with Crippen LogP contribution in [0.3, 0.4) is 0 Å². The number of rotatable bonds is 9. The molecule has 9 heteroatoms. The zero-order chi connectivity index (χ0) is 25.4. The zero-order valence-corrected chi connectivity index (χ0v) is 21.1. The first kappa shape index (κ1) is 26.2. The summed E-state index contributed by atoms with van der Waals surface area (Å²) in [6.07, 6.45) is -0.313. The molecule has 1 N–H and O–H groups in total. The first-order valence-corrected chi connectivity index (χ1v) is 11.7.